The van der Waals surface area contributed by atoms with Crippen molar-refractivity contribution in [2.75, 3.05) is 0 Å². The first kappa shape index (κ1) is 12.2. The molecular weight excluding hydrogens is 210 g/mol. The van der Waals surface area contributed by atoms with E-state index in [0.29, 0.717) is 11.8 Å². The minimum atomic E-state index is -0.108. The summed E-state index contributed by atoms with van der Waals surface area (Å²) in [6, 6.07) is 2.36. The molecule has 0 aromatic carbocycles. The van der Waals surface area contributed by atoms with E-state index in [1.807, 2.05) is 0 Å². The first-order valence-corrected chi connectivity index (χ1v) is 6.59. The van der Waals surface area contributed by atoms with E-state index in [-0.39, 0.29) is 5.92 Å². The van der Waals surface area contributed by atoms with E-state index in [4.69, 9.17) is 4.98 Å². The van der Waals surface area contributed by atoms with Crippen LogP contribution in [0, 0.1) is 24.2 Å². The van der Waals surface area contributed by atoms with Crippen molar-refractivity contribution in [1.82, 2.24) is 9.97 Å². The summed E-state index contributed by atoms with van der Waals surface area (Å²) < 4.78 is 0. The zero-order valence-corrected chi connectivity index (χ0v) is 11.0. The third kappa shape index (κ3) is 2.36. The van der Waals surface area contributed by atoms with Gasteiger partial charge >= 0.3 is 0 Å². The number of nitrogens with one attached hydrogen (secondary N) is 1. The Morgan fingerprint density at radius 3 is 2.53 bits per heavy atom. The Morgan fingerprint density at radius 1 is 1.35 bits per heavy atom. The molecule has 1 aliphatic rings. The summed E-state index contributed by atoms with van der Waals surface area (Å²) in [5, 5.41) is 9.21. The van der Waals surface area contributed by atoms with E-state index in [2.05, 4.69) is 31.8 Å². The Kier molecular flexibility index (Phi) is 3.51. The molecule has 3 nitrogen and oxygen atoms in total. The Hall–Kier alpha value is -1.30. The van der Waals surface area contributed by atoms with Gasteiger partial charge in [-0.2, -0.15) is 5.26 Å². The van der Waals surface area contributed by atoms with Crippen molar-refractivity contribution in [2.24, 2.45) is 5.92 Å². The number of nitriles is 1. The van der Waals surface area contributed by atoms with Crippen molar-refractivity contribution < 1.29 is 0 Å². The van der Waals surface area contributed by atoms with Crippen molar-refractivity contribution in [2.45, 2.75) is 58.3 Å². The molecule has 0 spiro atoms. The molecule has 2 rings (SSSR count). The molecular formula is C14H21N3. The second-order valence-corrected chi connectivity index (χ2v) is 5.46. The van der Waals surface area contributed by atoms with Gasteiger partial charge in [0.05, 0.1) is 11.8 Å². The van der Waals surface area contributed by atoms with Gasteiger partial charge in [0.15, 0.2) is 0 Å². The van der Waals surface area contributed by atoms with Gasteiger partial charge in [0.2, 0.25) is 0 Å². The molecule has 1 saturated carbocycles. The number of aromatic amines is 1. The number of rotatable bonds is 3. The van der Waals surface area contributed by atoms with Crippen LogP contribution in [-0.4, -0.2) is 9.97 Å². The molecule has 0 saturated heterocycles. The predicted molar refractivity (Wildman–Crippen MR) is 67.7 cm³/mol. The maximum atomic E-state index is 9.21. The average molecular weight is 231 g/mol. The lowest BCUT2D eigenvalue weighted by molar-refractivity contribution is 0.563. The van der Waals surface area contributed by atoms with Crippen LogP contribution in [0.2, 0.25) is 0 Å². The monoisotopic (exact) mass is 231 g/mol. The Morgan fingerprint density at radius 2 is 2.00 bits per heavy atom. The van der Waals surface area contributed by atoms with Crippen molar-refractivity contribution in [1.29, 1.82) is 5.26 Å². The quantitative estimate of drug-likeness (QED) is 0.863. The largest absolute Gasteiger partial charge is 0.345 e. The molecule has 3 heteroatoms. The molecule has 1 N–H and O–H groups in total. The van der Waals surface area contributed by atoms with Gasteiger partial charge in [-0.15, -0.1) is 0 Å². The van der Waals surface area contributed by atoms with Crippen molar-refractivity contribution >= 4 is 0 Å². The molecule has 1 unspecified atom stereocenters. The van der Waals surface area contributed by atoms with Crippen LogP contribution >= 0.6 is 0 Å². The van der Waals surface area contributed by atoms with Crippen LogP contribution in [0.3, 0.4) is 0 Å². The highest BCUT2D eigenvalue weighted by Crippen LogP contribution is 2.35. The van der Waals surface area contributed by atoms with Crippen molar-refractivity contribution in [3.05, 3.63) is 17.2 Å². The number of hydrogen-bond acceptors (Lipinski definition) is 2. The van der Waals surface area contributed by atoms with Crippen LogP contribution in [0.4, 0.5) is 0 Å². The third-order valence-electron chi connectivity index (χ3n) is 3.78. The van der Waals surface area contributed by atoms with Gasteiger partial charge in [-0.25, -0.2) is 4.98 Å². The second-order valence-electron chi connectivity index (χ2n) is 5.46. The zero-order valence-electron chi connectivity index (χ0n) is 11.0. The fraction of sp³-hybridized carbons (Fsp3) is 0.714. The SMILES string of the molecule is Cc1[nH]c(C(C#N)C(C)C)nc1C1CCCC1. The summed E-state index contributed by atoms with van der Waals surface area (Å²) in [6.07, 6.45) is 5.14. The molecule has 0 amide bonds. The predicted octanol–water partition coefficient (Wildman–Crippen LogP) is 3.64. The summed E-state index contributed by atoms with van der Waals surface area (Å²) in [7, 11) is 0. The third-order valence-corrected chi connectivity index (χ3v) is 3.78. The van der Waals surface area contributed by atoms with Gasteiger partial charge in [-0.1, -0.05) is 26.7 Å². The van der Waals surface area contributed by atoms with E-state index in [9.17, 15) is 5.26 Å². The fourth-order valence-electron chi connectivity index (χ4n) is 2.77. The molecule has 0 aliphatic heterocycles. The minimum absolute atomic E-state index is 0.108. The lowest BCUT2D eigenvalue weighted by atomic mass is 9.97. The minimum Gasteiger partial charge on any atom is -0.345 e. The number of nitrogens with zero attached hydrogens (tertiary/aromatic N) is 2. The molecule has 1 fully saturated rings. The lowest BCUT2D eigenvalue weighted by Crippen LogP contribution is -2.06. The molecule has 0 radical (unpaired) electrons. The molecule has 92 valence electrons. The Balaban J connectivity index is 2.26. The highest BCUT2D eigenvalue weighted by Gasteiger charge is 2.25. The molecule has 17 heavy (non-hydrogen) atoms. The highest BCUT2D eigenvalue weighted by molar-refractivity contribution is 5.23. The van der Waals surface area contributed by atoms with Crippen molar-refractivity contribution in [3.8, 4) is 6.07 Å². The number of imidazole rings is 1. The Bertz CT molecular complexity index is 419. The smallest absolute Gasteiger partial charge is 0.124 e. The zero-order chi connectivity index (χ0) is 12.4. The van der Waals surface area contributed by atoms with Gasteiger partial charge in [-0.05, 0) is 25.7 Å². The summed E-state index contributed by atoms with van der Waals surface area (Å²) >= 11 is 0. The molecule has 1 atom stereocenters. The van der Waals surface area contributed by atoms with Crippen LogP contribution in [-0.2, 0) is 0 Å². The van der Waals surface area contributed by atoms with E-state index in [1.54, 1.807) is 0 Å². The maximum Gasteiger partial charge on any atom is 0.124 e. The van der Waals surface area contributed by atoms with E-state index >= 15 is 0 Å². The summed E-state index contributed by atoms with van der Waals surface area (Å²) in [5.74, 6) is 1.68. The number of hydrogen-bond donors (Lipinski definition) is 1. The van der Waals surface area contributed by atoms with Gasteiger partial charge in [0.1, 0.15) is 11.7 Å². The maximum absolute atomic E-state index is 9.21. The van der Waals surface area contributed by atoms with Crippen LogP contribution < -0.4 is 0 Å². The standard InChI is InChI=1S/C14H21N3/c1-9(2)12(8-15)14-16-10(3)13(17-14)11-6-4-5-7-11/h9,11-12H,4-7H2,1-3H3,(H,16,17). The topological polar surface area (TPSA) is 52.5 Å². The lowest BCUT2D eigenvalue weighted by Gasteiger charge is -2.09. The van der Waals surface area contributed by atoms with E-state index in [0.717, 1.165) is 11.5 Å². The second kappa shape index (κ2) is 4.91. The van der Waals surface area contributed by atoms with Gasteiger partial charge < -0.3 is 4.98 Å². The van der Waals surface area contributed by atoms with Crippen LogP contribution in [0.25, 0.3) is 0 Å². The van der Waals surface area contributed by atoms with Crippen LogP contribution in [0.5, 0.6) is 0 Å². The number of H-pyrrole nitrogens is 1. The molecule has 1 aliphatic carbocycles. The number of aryl methyl sites for hydroxylation is 1. The number of aromatic nitrogens is 2. The van der Waals surface area contributed by atoms with Gasteiger partial charge in [0, 0.05) is 11.6 Å². The molecule has 1 aromatic heterocycles. The summed E-state index contributed by atoms with van der Waals surface area (Å²) in [5.41, 5.74) is 2.37. The molecule has 1 aromatic rings. The van der Waals surface area contributed by atoms with E-state index < -0.39 is 0 Å². The first-order valence-electron chi connectivity index (χ1n) is 6.59. The van der Waals surface area contributed by atoms with Crippen LogP contribution in [0.1, 0.15) is 68.6 Å². The first-order chi connectivity index (χ1) is 8.13. The van der Waals surface area contributed by atoms with Crippen molar-refractivity contribution in [3.63, 3.8) is 0 Å². The molecule has 1 heterocycles. The van der Waals surface area contributed by atoms with Gasteiger partial charge in [0.25, 0.3) is 0 Å². The normalized spacial score (nSPS) is 18.5. The Labute approximate surface area is 103 Å². The fourth-order valence-corrected chi connectivity index (χ4v) is 2.77. The summed E-state index contributed by atoms with van der Waals surface area (Å²) in [6.45, 7) is 6.22. The molecule has 0 bridgehead atoms. The van der Waals surface area contributed by atoms with E-state index in [1.165, 1.54) is 31.4 Å². The van der Waals surface area contributed by atoms with Gasteiger partial charge in [-0.3, -0.25) is 0 Å². The highest BCUT2D eigenvalue weighted by atomic mass is 14.9. The average Bonchev–Trinajstić information content (AvgIpc) is 2.87. The summed E-state index contributed by atoms with van der Waals surface area (Å²) in [4.78, 5) is 8.03. The van der Waals surface area contributed by atoms with Crippen LogP contribution in [0.15, 0.2) is 0 Å².